The van der Waals surface area contributed by atoms with Crippen molar-refractivity contribution in [1.82, 2.24) is 4.90 Å². The number of hydrogen-bond acceptors (Lipinski definition) is 2. The molecule has 3 heteroatoms. The average molecular weight is 354 g/mol. The first-order valence-electron chi connectivity index (χ1n) is 11.3. The Morgan fingerprint density at radius 2 is 1.32 bits per heavy atom. The van der Waals surface area contributed by atoms with E-state index in [1.807, 2.05) is 0 Å². The predicted octanol–water partition coefficient (Wildman–Crippen LogP) is 5.21. The molecule has 1 rings (SSSR count). The number of hydrogen-bond donors (Lipinski definition) is 1. The van der Waals surface area contributed by atoms with Crippen molar-refractivity contribution < 1.29 is 9.68 Å². The summed E-state index contributed by atoms with van der Waals surface area (Å²) in [4.78, 5) is 2.50. The van der Waals surface area contributed by atoms with E-state index < -0.39 is 0 Å². The fourth-order valence-electron chi connectivity index (χ4n) is 4.02. The first-order chi connectivity index (χ1) is 12.3. The number of aliphatic hydroxyl groups is 1. The maximum atomic E-state index is 9.21. The van der Waals surface area contributed by atoms with Gasteiger partial charge in [-0.25, -0.2) is 0 Å². The lowest BCUT2D eigenvalue weighted by Crippen LogP contribution is -2.30. The molecule has 148 valence electrons. The van der Waals surface area contributed by atoms with Gasteiger partial charge in [0.05, 0.1) is 13.2 Å². The third-order valence-electron chi connectivity index (χ3n) is 5.63. The van der Waals surface area contributed by atoms with Crippen molar-refractivity contribution in [3.63, 3.8) is 0 Å². The molecule has 0 aromatic carbocycles. The number of likely N-dealkylation sites (N-methyl/N-ethyl adjacent to an activating group) is 1. The van der Waals surface area contributed by atoms with Crippen molar-refractivity contribution in [2.45, 2.75) is 104 Å². The van der Waals surface area contributed by atoms with Gasteiger partial charge in [0, 0.05) is 6.42 Å². The standard InChI is InChI=1S/C22H45N2O/c1-3-5-6-7-8-9-10-11-12-13-14-15-16-17-22-23(4-2)18-19-24(22)20-21-25/h25H,3-21H2,1-2H3/q+1. The SMILES string of the molecule is CCCCCCCCCCCCCCCC1=[N+](CCO)CCN1CC. The molecule has 0 aliphatic carbocycles. The predicted molar refractivity (Wildman–Crippen MR) is 110 cm³/mol. The molecule has 0 atom stereocenters. The molecule has 1 aliphatic heterocycles. The smallest absolute Gasteiger partial charge is 0.247 e. The number of nitrogens with zero attached hydrogens (tertiary/aromatic N) is 2. The molecule has 0 radical (unpaired) electrons. The second-order valence-electron chi connectivity index (χ2n) is 7.70. The Labute approximate surface area is 157 Å². The summed E-state index contributed by atoms with van der Waals surface area (Å²) in [7, 11) is 0. The van der Waals surface area contributed by atoms with Crippen LogP contribution < -0.4 is 0 Å². The monoisotopic (exact) mass is 353 g/mol. The van der Waals surface area contributed by atoms with E-state index in [9.17, 15) is 5.11 Å². The molecule has 0 amide bonds. The molecule has 0 saturated heterocycles. The Hall–Kier alpha value is -0.570. The molecule has 1 N–H and O–H groups in total. The van der Waals surface area contributed by atoms with Gasteiger partial charge in [0.2, 0.25) is 5.84 Å². The molecule has 0 bridgehead atoms. The van der Waals surface area contributed by atoms with Crippen LogP contribution in [0.15, 0.2) is 0 Å². The van der Waals surface area contributed by atoms with Gasteiger partial charge in [0.25, 0.3) is 0 Å². The van der Waals surface area contributed by atoms with Crippen LogP contribution in [-0.2, 0) is 0 Å². The lowest BCUT2D eigenvalue weighted by molar-refractivity contribution is -0.521. The van der Waals surface area contributed by atoms with Crippen LogP contribution in [0.3, 0.4) is 0 Å². The molecular formula is C22H45N2O+. The molecule has 3 nitrogen and oxygen atoms in total. The lowest BCUT2D eigenvalue weighted by atomic mass is 10.0. The zero-order valence-corrected chi connectivity index (χ0v) is 17.3. The van der Waals surface area contributed by atoms with E-state index in [1.165, 1.54) is 95.7 Å². The van der Waals surface area contributed by atoms with Gasteiger partial charge in [0.1, 0.15) is 19.6 Å². The normalized spacial score (nSPS) is 14.8. The van der Waals surface area contributed by atoms with Crippen molar-refractivity contribution in [2.75, 3.05) is 32.8 Å². The summed E-state index contributed by atoms with van der Waals surface area (Å²) in [6.07, 6.45) is 19.6. The number of amidine groups is 1. The van der Waals surface area contributed by atoms with E-state index in [4.69, 9.17) is 0 Å². The first-order valence-corrected chi connectivity index (χ1v) is 11.3. The highest BCUT2D eigenvalue weighted by molar-refractivity contribution is 5.78. The third-order valence-corrected chi connectivity index (χ3v) is 5.63. The van der Waals surface area contributed by atoms with Crippen LogP contribution in [0.2, 0.25) is 0 Å². The average Bonchev–Trinajstić information content (AvgIpc) is 3.01. The minimum atomic E-state index is 0.277. The summed E-state index contributed by atoms with van der Waals surface area (Å²) < 4.78 is 2.39. The van der Waals surface area contributed by atoms with Crippen LogP contribution in [-0.4, -0.2) is 53.2 Å². The van der Waals surface area contributed by atoms with Crippen molar-refractivity contribution in [2.24, 2.45) is 0 Å². The van der Waals surface area contributed by atoms with Crippen LogP contribution in [0, 0.1) is 0 Å². The van der Waals surface area contributed by atoms with E-state index >= 15 is 0 Å². The lowest BCUT2D eigenvalue weighted by Gasteiger charge is -2.11. The van der Waals surface area contributed by atoms with Crippen LogP contribution in [0.4, 0.5) is 0 Å². The van der Waals surface area contributed by atoms with E-state index in [1.54, 1.807) is 0 Å². The quantitative estimate of drug-likeness (QED) is 0.287. The molecule has 0 fully saturated rings. The van der Waals surface area contributed by atoms with Gasteiger partial charge < -0.3 is 5.11 Å². The van der Waals surface area contributed by atoms with Gasteiger partial charge in [-0.1, -0.05) is 84.0 Å². The van der Waals surface area contributed by atoms with E-state index in [0.717, 1.165) is 26.2 Å². The largest absolute Gasteiger partial charge is 0.392 e. The molecule has 0 saturated carbocycles. The van der Waals surface area contributed by atoms with Crippen LogP contribution in [0.25, 0.3) is 0 Å². The zero-order chi connectivity index (χ0) is 18.2. The second kappa shape index (κ2) is 15.7. The van der Waals surface area contributed by atoms with Crippen LogP contribution >= 0.6 is 0 Å². The van der Waals surface area contributed by atoms with E-state index in [2.05, 4.69) is 23.3 Å². The first kappa shape index (κ1) is 22.5. The van der Waals surface area contributed by atoms with Gasteiger partial charge in [-0.2, -0.15) is 0 Å². The summed E-state index contributed by atoms with van der Waals surface area (Å²) >= 11 is 0. The van der Waals surface area contributed by atoms with Gasteiger partial charge in [-0.15, -0.1) is 0 Å². The maximum Gasteiger partial charge on any atom is 0.247 e. The Kier molecular flexibility index (Phi) is 14.1. The molecule has 0 aromatic heterocycles. The van der Waals surface area contributed by atoms with Crippen molar-refractivity contribution >= 4 is 5.84 Å². The van der Waals surface area contributed by atoms with Crippen LogP contribution in [0.5, 0.6) is 0 Å². The Morgan fingerprint density at radius 1 is 0.800 bits per heavy atom. The van der Waals surface area contributed by atoms with Crippen LogP contribution in [0.1, 0.15) is 104 Å². The molecule has 0 spiro atoms. The summed E-state index contributed by atoms with van der Waals surface area (Å²) in [5.41, 5.74) is 0. The fraction of sp³-hybridized carbons (Fsp3) is 0.955. The fourth-order valence-corrected chi connectivity index (χ4v) is 4.02. The van der Waals surface area contributed by atoms with Crippen molar-refractivity contribution in [3.05, 3.63) is 0 Å². The van der Waals surface area contributed by atoms with Gasteiger partial charge in [-0.3, -0.25) is 9.48 Å². The minimum absolute atomic E-state index is 0.277. The summed E-state index contributed by atoms with van der Waals surface area (Å²) in [6, 6.07) is 0. The molecule has 0 aromatic rings. The second-order valence-corrected chi connectivity index (χ2v) is 7.70. The summed E-state index contributed by atoms with van der Waals surface area (Å²) in [6.45, 7) is 8.97. The maximum absolute atomic E-state index is 9.21. The number of β-amino-alcohol motifs (C(OH)–C–C–N with tert-alkyl or cyclic N) is 1. The van der Waals surface area contributed by atoms with Gasteiger partial charge in [0.15, 0.2) is 0 Å². The topological polar surface area (TPSA) is 26.5 Å². The highest BCUT2D eigenvalue weighted by Gasteiger charge is 2.27. The Bertz CT molecular complexity index is 341. The zero-order valence-electron chi connectivity index (χ0n) is 17.3. The number of unbranched alkanes of at least 4 members (excludes halogenated alkanes) is 12. The molecule has 1 heterocycles. The molecule has 0 unspecified atom stereocenters. The highest BCUT2D eigenvalue weighted by Crippen LogP contribution is 2.14. The number of rotatable bonds is 17. The Morgan fingerprint density at radius 3 is 1.80 bits per heavy atom. The van der Waals surface area contributed by atoms with Gasteiger partial charge >= 0.3 is 0 Å². The van der Waals surface area contributed by atoms with E-state index in [0.29, 0.717) is 0 Å². The van der Waals surface area contributed by atoms with Crippen molar-refractivity contribution in [3.8, 4) is 0 Å². The number of aliphatic hydroxyl groups excluding tert-OH is 1. The van der Waals surface area contributed by atoms with E-state index in [-0.39, 0.29) is 6.61 Å². The minimum Gasteiger partial charge on any atom is -0.392 e. The summed E-state index contributed by atoms with van der Waals surface area (Å²) in [5.74, 6) is 1.49. The highest BCUT2D eigenvalue weighted by atomic mass is 16.3. The Balaban J connectivity index is 1.95. The molecule has 25 heavy (non-hydrogen) atoms. The summed E-state index contributed by atoms with van der Waals surface area (Å²) in [5, 5.41) is 9.21. The molecule has 1 aliphatic rings. The van der Waals surface area contributed by atoms with Crippen molar-refractivity contribution in [1.29, 1.82) is 0 Å². The molecular weight excluding hydrogens is 308 g/mol. The van der Waals surface area contributed by atoms with Gasteiger partial charge in [-0.05, 0) is 13.3 Å². The third kappa shape index (κ3) is 10.2.